The summed E-state index contributed by atoms with van der Waals surface area (Å²) in [5.41, 5.74) is 6.92. The van der Waals surface area contributed by atoms with Crippen LogP contribution in [-0.4, -0.2) is 41.6 Å². The van der Waals surface area contributed by atoms with E-state index in [0.29, 0.717) is 5.41 Å². The molecule has 100 valence electrons. The number of hydrogen-bond donors (Lipinski definition) is 1. The fraction of sp³-hybridized carbons (Fsp3) is 1.00. The zero-order chi connectivity index (χ0) is 12.5. The Kier molecular flexibility index (Phi) is 4.11. The minimum Gasteiger partial charge on any atom is -0.329 e. The highest BCUT2D eigenvalue weighted by molar-refractivity contribution is 7.99. The first-order valence-electron chi connectivity index (χ1n) is 7.00. The number of nitrogens with two attached hydrogens (primary N) is 1. The first kappa shape index (κ1) is 13.7. The third kappa shape index (κ3) is 2.82. The number of nitrogens with zero attached hydrogens (tertiary/aromatic N) is 1. The maximum Gasteiger partial charge on any atom is 0.0337 e. The standard InChI is InChI=1S/C14H28N2S/c1-13(2)6-4-7-14(10-13,11-15)16(3)12-5-8-17-9-12/h12H,4-11,15H2,1-3H3. The maximum absolute atomic E-state index is 6.18. The summed E-state index contributed by atoms with van der Waals surface area (Å²) < 4.78 is 0. The molecule has 2 rings (SSSR count). The van der Waals surface area contributed by atoms with Crippen LogP contribution in [0.5, 0.6) is 0 Å². The monoisotopic (exact) mass is 256 g/mol. The molecule has 2 aliphatic rings. The molecule has 17 heavy (non-hydrogen) atoms. The molecule has 1 saturated heterocycles. The largest absolute Gasteiger partial charge is 0.329 e. The van der Waals surface area contributed by atoms with Crippen molar-refractivity contribution in [2.75, 3.05) is 25.1 Å². The van der Waals surface area contributed by atoms with Gasteiger partial charge in [-0.25, -0.2) is 0 Å². The van der Waals surface area contributed by atoms with Crippen molar-refractivity contribution in [1.82, 2.24) is 4.90 Å². The molecule has 1 heterocycles. The molecular weight excluding hydrogens is 228 g/mol. The minimum absolute atomic E-state index is 0.275. The van der Waals surface area contributed by atoms with E-state index in [1.54, 1.807) is 0 Å². The van der Waals surface area contributed by atoms with Gasteiger partial charge in [0, 0.05) is 23.9 Å². The van der Waals surface area contributed by atoms with Crippen molar-refractivity contribution < 1.29 is 0 Å². The topological polar surface area (TPSA) is 29.3 Å². The highest BCUT2D eigenvalue weighted by Crippen LogP contribution is 2.44. The molecule has 1 saturated carbocycles. The Morgan fingerprint density at radius 2 is 2.12 bits per heavy atom. The molecule has 2 N–H and O–H groups in total. The minimum atomic E-state index is 0.275. The molecule has 0 amide bonds. The van der Waals surface area contributed by atoms with E-state index in [2.05, 4.69) is 37.6 Å². The molecule has 2 unspecified atom stereocenters. The normalized spacial score (nSPS) is 37.6. The third-order valence-corrected chi connectivity index (χ3v) is 6.03. The van der Waals surface area contributed by atoms with E-state index in [0.717, 1.165) is 12.6 Å². The number of rotatable bonds is 3. The SMILES string of the molecule is CN(C1CCSC1)C1(CN)CCCC(C)(C)C1. The summed E-state index contributed by atoms with van der Waals surface area (Å²) in [7, 11) is 2.32. The highest BCUT2D eigenvalue weighted by Gasteiger charge is 2.44. The summed E-state index contributed by atoms with van der Waals surface area (Å²) >= 11 is 2.10. The van der Waals surface area contributed by atoms with E-state index in [1.165, 1.54) is 43.6 Å². The van der Waals surface area contributed by atoms with Crippen molar-refractivity contribution in [3.8, 4) is 0 Å². The summed E-state index contributed by atoms with van der Waals surface area (Å²) in [4.78, 5) is 2.65. The highest BCUT2D eigenvalue weighted by atomic mass is 32.2. The molecule has 0 aromatic rings. The van der Waals surface area contributed by atoms with Gasteiger partial charge in [0.2, 0.25) is 0 Å². The van der Waals surface area contributed by atoms with Crippen LogP contribution in [-0.2, 0) is 0 Å². The second-order valence-corrected chi connectivity index (χ2v) is 7.90. The lowest BCUT2D eigenvalue weighted by atomic mass is 9.67. The summed E-state index contributed by atoms with van der Waals surface area (Å²) in [5, 5.41) is 0. The predicted octanol–water partition coefficient (Wildman–Crippen LogP) is 2.72. The number of hydrogen-bond acceptors (Lipinski definition) is 3. The Labute approximate surface area is 111 Å². The van der Waals surface area contributed by atoms with Crippen LogP contribution >= 0.6 is 11.8 Å². The lowest BCUT2D eigenvalue weighted by Crippen LogP contribution is -2.59. The zero-order valence-corrected chi connectivity index (χ0v) is 12.5. The van der Waals surface area contributed by atoms with Crippen molar-refractivity contribution in [3.05, 3.63) is 0 Å². The summed E-state index contributed by atoms with van der Waals surface area (Å²) in [6.45, 7) is 5.65. The molecule has 0 bridgehead atoms. The molecule has 2 nitrogen and oxygen atoms in total. The van der Waals surface area contributed by atoms with E-state index in [4.69, 9.17) is 5.73 Å². The molecule has 1 aliphatic carbocycles. The van der Waals surface area contributed by atoms with Gasteiger partial charge in [0.15, 0.2) is 0 Å². The fourth-order valence-electron chi connectivity index (χ4n) is 3.80. The number of thioether (sulfide) groups is 1. The molecule has 0 aromatic heterocycles. The Bertz CT molecular complexity index is 261. The van der Waals surface area contributed by atoms with Crippen molar-refractivity contribution in [3.63, 3.8) is 0 Å². The quantitative estimate of drug-likeness (QED) is 0.842. The molecule has 2 fully saturated rings. The van der Waals surface area contributed by atoms with Crippen molar-refractivity contribution in [1.29, 1.82) is 0 Å². The van der Waals surface area contributed by atoms with Gasteiger partial charge in [-0.15, -0.1) is 0 Å². The van der Waals surface area contributed by atoms with Crippen LogP contribution < -0.4 is 5.73 Å². The van der Waals surface area contributed by atoms with E-state index in [9.17, 15) is 0 Å². The van der Waals surface area contributed by atoms with Crippen molar-refractivity contribution >= 4 is 11.8 Å². The molecular formula is C14H28N2S. The zero-order valence-electron chi connectivity index (χ0n) is 11.7. The maximum atomic E-state index is 6.18. The van der Waals surface area contributed by atoms with E-state index < -0.39 is 0 Å². The van der Waals surface area contributed by atoms with Crippen LogP contribution in [0.25, 0.3) is 0 Å². The van der Waals surface area contributed by atoms with Crippen LogP contribution in [0.15, 0.2) is 0 Å². The molecule has 0 spiro atoms. The van der Waals surface area contributed by atoms with Crippen molar-refractivity contribution in [2.24, 2.45) is 11.1 Å². The second-order valence-electron chi connectivity index (χ2n) is 6.75. The van der Waals surface area contributed by atoms with Crippen LogP contribution in [0, 0.1) is 5.41 Å². The average Bonchev–Trinajstić information content (AvgIpc) is 2.79. The van der Waals surface area contributed by atoms with E-state index in [1.807, 2.05) is 0 Å². The Hall–Kier alpha value is 0.270. The van der Waals surface area contributed by atoms with E-state index >= 15 is 0 Å². The average molecular weight is 256 g/mol. The van der Waals surface area contributed by atoms with Crippen LogP contribution in [0.4, 0.5) is 0 Å². The molecule has 0 aromatic carbocycles. The summed E-state index contributed by atoms with van der Waals surface area (Å²) in [5.74, 6) is 2.64. The van der Waals surface area contributed by atoms with Gasteiger partial charge >= 0.3 is 0 Å². The number of likely N-dealkylation sites (N-methyl/N-ethyl adjacent to an activating group) is 1. The van der Waals surface area contributed by atoms with E-state index in [-0.39, 0.29) is 5.54 Å². The van der Waals surface area contributed by atoms with Gasteiger partial charge in [0.1, 0.15) is 0 Å². The molecule has 1 aliphatic heterocycles. The van der Waals surface area contributed by atoms with Crippen molar-refractivity contribution in [2.45, 2.75) is 57.5 Å². The third-order valence-electron chi connectivity index (χ3n) is 4.88. The van der Waals surface area contributed by atoms with Crippen LogP contribution in [0.2, 0.25) is 0 Å². The van der Waals surface area contributed by atoms with Crippen LogP contribution in [0.3, 0.4) is 0 Å². The van der Waals surface area contributed by atoms with Gasteiger partial charge in [0.05, 0.1) is 0 Å². The first-order valence-corrected chi connectivity index (χ1v) is 8.15. The molecule has 2 atom stereocenters. The lowest BCUT2D eigenvalue weighted by molar-refractivity contribution is 0.00647. The van der Waals surface area contributed by atoms with Crippen LogP contribution in [0.1, 0.15) is 46.0 Å². The second kappa shape index (κ2) is 5.10. The van der Waals surface area contributed by atoms with Gasteiger partial charge in [-0.3, -0.25) is 4.90 Å². The van der Waals surface area contributed by atoms with Gasteiger partial charge in [-0.1, -0.05) is 20.3 Å². The smallest absolute Gasteiger partial charge is 0.0337 e. The van der Waals surface area contributed by atoms with Gasteiger partial charge in [0.25, 0.3) is 0 Å². The Morgan fingerprint density at radius 1 is 1.35 bits per heavy atom. The molecule has 0 radical (unpaired) electrons. The van der Waals surface area contributed by atoms with Gasteiger partial charge < -0.3 is 5.73 Å². The Balaban J connectivity index is 2.12. The van der Waals surface area contributed by atoms with Gasteiger partial charge in [-0.2, -0.15) is 11.8 Å². The Morgan fingerprint density at radius 3 is 2.65 bits per heavy atom. The molecule has 3 heteroatoms. The predicted molar refractivity (Wildman–Crippen MR) is 77.5 cm³/mol. The van der Waals surface area contributed by atoms with Gasteiger partial charge in [-0.05, 0) is 43.9 Å². The lowest BCUT2D eigenvalue weighted by Gasteiger charge is -2.51. The first-order chi connectivity index (χ1) is 7.99. The summed E-state index contributed by atoms with van der Waals surface area (Å²) in [6.07, 6.45) is 6.62. The fourth-order valence-corrected chi connectivity index (χ4v) is 5.07. The summed E-state index contributed by atoms with van der Waals surface area (Å²) in [6, 6.07) is 0.762.